The summed E-state index contributed by atoms with van der Waals surface area (Å²) in [6.07, 6.45) is -0.959. The summed E-state index contributed by atoms with van der Waals surface area (Å²) in [6, 6.07) is 7.95. The number of rotatable bonds is 2. The first kappa shape index (κ1) is 16.5. The first-order valence-electron chi connectivity index (χ1n) is 8.02. The number of amides is 1. The number of ether oxygens (including phenoxy) is 1. The van der Waals surface area contributed by atoms with Gasteiger partial charge in [-0.15, -0.1) is 0 Å². The molecule has 6 heteroatoms. The molecule has 1 aliphatic heterocycles. The van der Waals surface area contributed by atoms with Crippen LogP contribution < -0.4 is 0 Å². The largest absolute Gasteiger partial charge is 0.479 e. The third kappa shape index (κ3) is 3.14. The number of carboxylic acid groups (broad SMARTS) is 1. The Balaban J connectivity index is 1.86. The van der Waals surface area contributed by atoms with Gasteiger partial charge in [0.25, 0.3) is 5.91 Å². The van der Waals surface area contributed by atoms with Crippen LogP contribution in [0.4, 0.5) is 0 Å². The number of carbonyl (C=O) groups is 2. The Kier molecular flexibility index (Phi) is 4.09. The number of carbonyl (C=O) groups excluding carboxylic acids is 1. The number of H-pyrrole nitrogens is 1. The molecule has 0 bridgehead atoms. The molecule has 1 aliphatic rings. The van der Waals surface area contributed by atoms with E-state index in [1.54, 1.807) is 0 Å². The van der Waals surface area contributed by atoms with Gasteiger partial charge in [-0.3, -0.25) is 4.79 Å². The number of hydrogen-bond donors (Lipinski definition) is 2. The minimum absolute atomic E-state index is 0.0301. The molecule has 3 rings (SSSR count). The summed E-state index contributed by atoms with van der Waals surface area (Å²) in [5.74, 6) is -1.24. The average molecular weight is 330 g/mol. The normalized spacial score (nSPS) is 18.8. The van der Waals surface area contributed by atoms with Crippen LogP contribution in [0.25, 0.3) is 10.9 Å². The molecule has 1 fully saturated rings. The molecule has 0 saturated carbocycles. The Morgan fingerprint density at radius 1 is 1.29 bits per heavy atom. The Morgan fingerprint density at radius 2 is 2.04 bits per heavy atom. The average Bonchev–Trinajstić information content (AvgIpc) is 2.96. The van der Waals surface area contributed by atoms with E-state index in [2.05, 4.69) is 37.9 Å². The maximum absolute atomic E-state index is 12.7. The van der Waals surface area contributed by atoms with E-state index in [0.717, 1.165) is 10.9 Å². The van der Waals surface area contributed by atoms with Gasteiger partial charge in [-0.05, 0) is 23.1 Å². The van der Waals surface area contributed by atoms with Gasteiger partial charge in [0, 0.05) is 17.4 Å². The van der Waals surface area contributed by atoms with Gasteiger partial charge < -0.3 is 19.7 Å². The van der Waals surface area contributed by atoms with Crippen molar-refractivity contribution in [3.8, 4) is 0 Å². The summed E-state index contributed by atoms with van der Waals surface area (Å²) < 4.78 is 5.16. The van der Waals surface area contributed by atoms with Gasteiger partial charge in [-0.1, -0.05) is 32.9 Å². The maximum Gasteiger partial charge on any atom is 0.334 e. The second-order valence-corrected chi connectivity index (χ2v) is 7.18. The van der Waals surface area contributed by atoms with Crippen molar-refractivity contribution in [2.24, 2.45) is 0 Å². The maximum atomic E-state index is 12.7. The topological polar surface area (TPSA) is 82.6 Å². The molecular formula is C18H22N2O4. The zero-order valence-corrected chi connectivity index (χ0v) is 14.1. The van der Waals surface area contributed by atoms with Gasteiger partial charge in [0.05, 0.1) is 13.2 Å². The van der Waals surface area contributed by atoms with Gasteiger partial charge >= 0.3 is 5.97 Å². The molecule has 128 valence electrons. The molecule has 1 saturated heterocycles. The van der Waals surface area contributed by atoms with Crippen LogP contribution in [0.5, 0.6) is 0 Å². The van der Waals surface area contributed by atoms with Crippen molar-refractivity contribution >= 4 is 22.8 Å². The molecule has 1 unspecified atom stereocenters. The molecule has 2 heterocycles. The van der Waals surface area contributed by atoms with E-state index in [1.807, 2.05) is 12.1 Å². The Morgan fingerprint density at radius 3 is 2.71 bits per heavy atom. The lowest BCUT2D eigenvalue weighted by Crippen LogP contribution is -2.48. The summed E-state index contributed by atoms with van der Waals surface area (Å²) in [7, 11) is 0. The highest BCUT2D eigenvalue weighted by Crippen LogP contribution is 2.26. The van der Waals surface area contributed by atoms with Crippen molar-refractivity contribution in [2.45, 2.75) is 32.3 Å². The van der Waals surface area contributed by atoms with E-state index in [4.69, 9.17) is 9.84 Å². The minimum Gasteiger partial charge on any atom is -0.479 e. The monoisotopic (exact) mass is 330 g/mol. The number of aliphatic carboxylic acids is 1. The quantitative estimate of drug-likeness (QED) is 0.886. The van der Waals surface area contributed by atoms with Crippen LogP contribution in [0.2, 0.25) is 0 Å². The number of morpholine rings is 1. The van der Waals surface area contributed by atoms with Crippen molar-refractivity contribution in [2.75, 3.05) is 19.7 Å². The highest BCUT2D eigenvalue weighted by atomic mass is 16.5. The molecule has 1 atom stereocenters. The number of benzene rings is 1. The van der Waals surface area contributed by atoms with Gasteiger partial charge in [0.2, 0.25) is 0 Å². The number of nitrogens with one attached hydrogen (secondary N) is 1. The van der Waals surface area contributed by atoms with Crippen molar-refractivity contribution in [1.29, 1.82) is 0 Å². The lowest BCUT2D eigenvalue weighted by atomic mass is 9.87. The van der Waals surface area contributed by atoms with E-state index in [9.17, 15) is 9.59 Å². The second-order valence-electron chi connectivity index (χ2n) is 7.18. The fourth-order valence-corrected chi connectivity index (χ4v) is 2.86. The number of hydrogen-bond acceptors (Lipinski definition) is 3. The standard InChI is InChI=1S/C18H22N2O4/c1-18(2,3)12-5-4-11-8-14(19-13(11)9-12)16(21)20-6-7-24-15(10-20)17(22)23/h4-5,8-9,15,19H,6-7,10H2,1-3H3,(H,22,23). The summed E-state index contributed by atoms with van der Waals surface area (Å²) >= 11 is 0. The zero-order valence-electron chi connectivity index (χ0n) is 14.1. The first-order valence-corrected chi connectivity index (χ1v) is 8.02. The number of nitrogens with zero attached hydrogens (tertiary/aromatic N) is 1. The zero-order chi connectivity index (χ0) is 17.5. The lowest BCUT2D eigenvalue weighted by Gasteiger charge is -2.30. The molecule has 6 nitrogen and oxygen atoms in total. The predicted octanol–water partition coefficient (Wildman–Crippen LogP) is 2.39. The van der Waals surface area contributed by atoms with Crippen LogP contribution in [0.1, 0.15) is 36.8 Å². The fraction of sp³-hybridized carbons (Fsp3) is 0.444. The van der Waals surface area contributed by atoms with Crippen LogP contribution in [0, 0.1) is 0 Å². The Bertz CT molecular complexity index is 788. The number of fused-ring (bicyclic) bond motifs is 1. The highest BCUT2D eigenvalue weighted by Gasteiger charge is 2.30. The van der Waals surface area contributed by atoms with E-state index < -0.39 is 12.1 Å². The summed E-state index contributed by atoms with van der Waals surface area (Å²) in [6.45, 7) is 7.12. The van der Waals surface area contributed by atoms with Crippen molar-refractivity contribution in [3.05, 3.63) is 35.5 Å². The molecule has 0 aliphatic carbocycles. The third-order valence-electron chi connectivity index (χ3n) is 4.35. The van der Waals surface area contributed by atoms with Gasteiger partial charge in [-0.2, -0.15) is 0 Å². The number of aromatic nitrogens is 1. The van der Waals surface area contributed by atoms with Crippen molar-refractivity contribution in [3.63, 3.8) is 0 Å². The van der Waals surface area contributed by atoms with Crippen LogP contribution in [-0.2, 0) is 14.9 Å². The third-order valence-corrected chi connectivity index (χ3v) is 4.35. The van der Waals surface area contributed by atoms with Gasteiger partial charge in [0.15, 0.2) is 6.10 Å². The SMILES string of the molecule is CC(C)(C)c1ccc2cc(C(=O)N3CCOC(C(=O)O)C3)[nH]c2c1. The van der Waals surface area contributed by atoms with Crippen LogP contribution in [0.3, 0.4) is 0 Å². The molecule has 1 aromatic heterocycles. The van der Waals surface area contributed by atoms with Crippen LogP contribution >= 0.6 is 0 Å². The van der Waals surface area contributed by atoms with E-state index in [0.29, 0.717) is 12.2 Å². The first-order chi connectivity index (χ1) is 11.3. The van der Waals surface area contributed by atoms with Gasteiger partial charge in [0.1, 0.15) is 5.69 Å². The number of aromatic amines is 1. The summed E-state index contributed by atoms with van der Waals surface area (Å²) in [4.78, 5) is 28.4. The number of carboxylic acids is 1. The summed E-state index contributed by atoms with van der Waals surface area (Å²) in [5.41, 5.74) is 2.60. The van der Waals surface area contributed by atoms with E-state index >= 15 is 0 Å². The lowest BCUT2D eigenvalue weighted by molar-refractivity contribution is -0.154. The fourth-order valence-electron chi connectivity index (χ4n) is 2.86. The van der Waals surface area contributed by atoms with E-state index in [1.165, 1.54) is 10.5 Å². The molecule has 2 N–H and O–H groups in total. The van der Waals surface area contributed by atoms with E-state index in [-0.39, 0.29) is 24.5 Å². The molecular weight excluding hydrogens is 308 g/mol. The second kappa shape index (κ2) is 5.94. The Labute approximate surface area is 140 Å². The predicted molar refractivity (Wildman–Crippen MR) is 90.3 cm³/mol. The molecule has 2 aromatic rings. The molecule has 0 spiro atoms. The molecule has 24 heavy (non-hydrogen) atoms. The minimum atomic E-state index is -1.04. The van der Waals surface area contributed by atoms with Crippen LogP contribution in [-0.4, -0.2) is 52.7 Å². The smallest absolute Gasteiger partial charge is 0.334 e. The van der Waals surface area contributed by atoms with Crippen molar-refractivity contribution < 1.29 is 19.4 Å². The molecule has 1 amide bonds. The van der Waals surface area contributed by atoms with Gasteiger partial charge in [-0.25, -0.2) is 4.79 Å². The van der Waals surface area contributed by atoms with Crippen molar-refractivity contribution in [1.82, 2.24) is 9.88 Å². The highest BCUT2D eigenvalue weighted by molar-refractivity contribution is 5.98. The Hall–Kier alpha value is -2.34. The molecule has 0 radical (unpaired) electrons. The summed E-state index contributed by atoms with van der Waals surface area (Å²) in [5, 5.41) is 10.0. The van der Waals surface area contributed by atoms with Crippen LogP contribution in [0.15, 0.2) is 24.3 Å². The molecule has 1 aromatic carbocycles.